The highest BCUT2D eigenvalue weighted by Crippen LogP contribution is 2.18. The average molecular weight is 329 g/mol. The van der Waals surface area contributed by atoms with Crippen molar-refractivity contribution in [3.63, 3.8) is 0 Å². The number of carbonyl (C=O) groups excluding carboxylic acids is 1. The summed E-state index contributed by atoms with van der Waals surface area (Å²) in [5.74, 6) is -0.456. The summed E-state index contributed by atoms with van der Waals surface area (Å²) in [6, 6.07) is 7.54. The first-order valence-electron chi connectivity index (χ1n) is 6.13. The number of rotatable bonds is 4. The van der Waals surface area contributed by atoms with Gasteiger partial charge in [0.25, 0.3) is 0 Å². The molecular formula is C13H17BrN2O3. The highest BCUT2D eigenvalue weighted by molar-refractivity contribution is 9.10. The number of β-amino-alcohol motifs (C(OH)–C–C–N with tert-alkyl or cyclic N) is 1. The number of hydrogen-bond acceptors (Lipinski definition) is 4. The highest BCUT2D eigenvalue weighted by atomic mass is 79.9. The molecule has 0 aliphatic carbocycles. The number of nitrogens with two attached hydrogens (primary N) is 1. The molecule has 1 aliphatic heterocycles. The first-order chi connectivity index (χ1) is 9.06. The van der Waals surface area contributed by atoms with E-state index in [1.54, 1.807) is 0 Å². The standard InChI is InChI=1S/C13H17BrN2O3/c14-10-3-1-9(2-4-10)11(17)7-16-5-6-19-12(8-16)13(15)18/h1-4,11-12,17H,5-8H2,(H2,15,18)/t11-,12-/m1/s1. The number of morpholine rings is 1. The second-order valence-electron chi connectivity index (χ2n) is 4.59. The van der Waals surface area contributed by atoms with E-state index in [1.165, 1.54) is 0 Å². The number of primary amides is 1. The molecule has 3 N–H and O–H groups in total. The van der Waals surface area contributed by atoms with Crippen LogP contribution in [0.1, 0.15) is 11.7 Å². The number of carbonyl (C=O) groups is 1. The third kappa shape index (κ3) is 4.01. The molecule has 0 saturated carbocycles. The number of benzene rings is 1. The van der Waals surface area contributed by atoms with Crippen LogP contribution in [0.3, 0.4) is 0 Å². The Morgan fingerprint density at radius 3 is 2.84 bits per heavy atom. The molecule has 1 amide bonds. The molecule has 1 saturated heterocycles. The number of hydrogen-bond donors (Lipinski definition) is 2. The van der Waals surface area contributed by atoms with Crippen LogP contribution in [0.25, 0.3) is 0 Å². The smallest absolute Gasteiger partial charge is 0.247 e. The van der Waals surface area contributed by atoms with E-state index < -0.39 is 18.1 Å². The fourth-order valence-corrected chi connectivity index (χ4v) is 2.34. The van der Waals surface area contributed by atoms with Crippen LogP contribution in [-0.4, -0.2) is 48.3 Å². The van der Waals surface area contributed by atoms with Crippen molar-refractivity contribution in [2.24, 2.45) is 5.73 Å². The monoisotopic (exact) mass is 328 g/mol. The molecule has 1 heterocycles. The molecule has 0 bridgehead atoms. The van der Waals surface area contributed by atoms with Crippen molar-refractivity contribution in [1.29, 1.82) is 0 Å². The van der Waals surface area contributed by atoms with Crippen molar-refractivity contribution in [2.75, 3.05) is 26.2 Å². The lowest BCUT2D eigenvalue weighted by Gasteiger charge is -2.32. The van der Waals surface area contributed by atoms with E-state index >= 15 is 0 Å². The van der Waals surface area contributed by atoms with E-state index in [-0.39, 0.29) is 0 Å². The van der Waals surface area contributed by atoms with Gasteiger partial charge in [0.2, 0.25) is 5.91 Å². The Hall–Kier alpha value is -0.950. The summed E-state index contributed by atoms with van der Waals surface area (Å²) in [5, 5.41) is 10.2. The third-order valence-corrected chi connectivity index (χ3v) is 3.68. The quantitative estimate of drug-likeness (QED) is 0.851. The molecule has 0 spiro atoms. The lowest BCUT2D eigenvalue weighted by Crippen LogP contribution is -2.49. The summed E-state index contributed by atoms with van der Waals surface area (Å²) in [5.41, 5.74) is 6.08. The Labute approximate surface area is 120 Å². The zero-order chi connectivity index (χ0) is 13.8. The minimum Gasteiger partial charge on any atom is -0.387 e. The fourth-order valence-electron chi connectivity index (χ4n) is 2.08. The molecule has 2 atom stereocenters. The van der Waals surface area contributed by atoms with Crippen molar-refractivity contribution in [2.45, 2.75) is 12.2 Å². The summed E-state index contributed by atoms with van der Waals surface area (Å²) in [7, 11) is 0. The molecule has 19 heavy (non-hydrogen) atoms. The Bertz CT molecular complexity index is 438. The minimum absolute atomic E-state index is 0.433. The Kier molecular flexibility index (Phi) is 4.93. The molecule has 2 rings (SSSR count). The number of ether oxygens (including phenoxy) is 1. The second-order valence-corrected chi connectivity index (χ2v) is 5.50. The number of nitrogens with zero attached hydrogens (tertiary/aromatic N) is 1. The minimum atomic E-state index is -0.584. The van der Waals surface area contributed by atoms with Crippen LogP contribution in [-0.2, 0) is 9.53 Å². The zero-order valence-electron chi connectivity index (χ0n) is 10.5. The predicted molar refractivity (Wildman–Crippen MR) is 74.5 cm³/mol. The number of amides is 1. The number of aliphatic hydroxyl groups is 1. The summed E-state index contributed by atoms with van der Waals surface area (Å²) in [6.07, 6.45) is -1.16. The van der Waals surface area contributed by atoms with E-state index in [0.717, 1.165) is 10.0 Å². The van der Waals surface area contributed by atoms with E-state index in [4.69, 9.17) is 10.5 Å². The average Bonchev–Trinajstić information content (AvgIpc) is 2.39. The van der Waals surface area contributed by atoms with Gasteiger partial charge >= 0.3 is 0 Å². The van der Waals surface area contributed by atoms with Gasteiger partial charge in [0.1, 0.15) is 6.10 Å². The van der Waals surface area contributed by atoms with Crippen molar-refractivity contribution in [3.05, 3.63) is 34.3 Å². The van der Waals surface area contributed by atoms with Crippen LogP contribution in [0.5, 0.6) is 0 Å². The van der Waals surface area contributed by atoms with Gasteiger partial charge in [0, 0.05) is 24.1 Å². The third-order valence-electron chi connectivity index (χ3n) is 3.15. The number of halogens is 1. The Morgan fingerprint density at radius 1 is 1.53 bits per heavy atom. The lowest BCUT2D eigenvalue weighted by atomic mass is 10.1. The molecule has 104 valence electrons. The zero-order valence-corrected chi connectivity index (χ0v) is 12.0. The van der Waals surface area contributed by atoms with Crippen LogP contribution in [0.2, 0.25) is 0 Å². The maximum atomic E-state index is 11.1. The van der Waals surface area contributed by atoms with Gasteiger partial charge in [0.15, 0.2) is 0 Å². The molecule has 1 aromatic rings. The van der Waals surface area contributed by atoms with Crippen molar-refractivity contribution in [3.8, 4) is 0 Å². The summed E-state index contributed by atoms with van der Waals surface area (Å²) in [6.45, 7) is 2.05. The molecule has 0 radical (unpaired) electrons. The largest absolute Gasteiger partial charge is 0.387 e. The van der Waals surface area contributed by atoms with Crippen LogP contribution in [0.4, 0.5) is 0 Å². The Balaban J connectivity index is 1.93. The summed E-state index contributed by atoms with van der Waals surface area (Å²) < 4.78 is 6.24. The van der Waals surface area contributed by atoms with Gasteiger partial charge < -0.3 is 15.6 Å². The molecule has 1 aliphatic rings. The first-order valence-corrected chi connectivity index (χ1v) is 6.92. The van der Waals surface area contributed by atoms with Crippen molar-refractivity contribution in [1.82, 2.24) is 4.90 Å². The van der Waals surface area contributed by atoms with Gasteiger partial charge in [-0.15, -0.1) is 0 Å². The SMILES string of the molecule is NC(=O)[C@H]1CN(C[C@@H](O)c2ccc(Br)cc2)CCO1. The lowest BCUT2D eigenvalue weighted by molar-refractivity contribution is -0.135. The molecule has 6 heteroatoms. The highest BCUT2D eigenvalue weighted by Gasteiger charge is 2.26. The normalized spacial score (nSPS) is 22.1. The first kappa shape index (κ1) is 14.5. The molecule has 1 fully saturated rings. The topological polar surface area (TPSA) is 75.8 Å². The van der Waals surface area contributed by atoms with E-state index in [2.05, 4.69) is 15.9 Å². The molecule has 0 aromatic heterocycles. The van der Waals surface area contributed by atoms with Gasteiger partial charge in [-0.25, -0.2) is 0 Å². The van der Waals surface area contributed by atoms with E-state index in [9.17, 15) is 9.90 Å². The maximum absolute atomic E-state index is 11.1. The summed E-state index contributed by atoms with van der Waals surface area (Å²) in [4.78, 5) is 13.1. The second kappa shape index (κ2) is 6.47. The van der Waals surface area contributed by atoms with Gasteiger partial charge in [-0.1, -0.05) is 28.1 Å². The predicted octanol–water partition coefficient (Wildman–Crippen LogP) is 0.669. The maximum Gasteiger partial charge on any atom is 0.247 e. The molecule has 1 aromatic carbocycles. The van der Waals surface area contributed by atoms with Crippen molar-refractivity contribution >= 4 is 21.8 Å². The van der Waals surface area contributed by atoms with Crippen LogP contribution in [0.15, 0.2) is 28.7 Å². The molecule has 0 unspecified atom stereocenters. The van der Waals surface area contributed by atoms with E-state index in [1.807, 2.05) is 29.2 Å². The van der Waals surface area contributed by atoms with Gasteiger partial charge in [-0.2, -0.15) is 0 Å². The Morgan fingerprint density at radius 2 is 2.21 bits per heavy atom. The van der Waals surface area contributed by atoms with Gasteiger partial charge in [0.05, 0.1) is 12.7 Å². The van der Waals surface area contributed by atoms with Crippen LogP contribution >= 0.6 is 15.9 Å². The van der Waals surface area contributed by atoms with E-state index in [0.29, 0.717) is 26.2 Å². The van der Waals surface area contributed by atoms with Crippen molar-refractivity contribution < 1.29 is 14.6 Å². The van der Waals surface area contributed by atoms with Crippen LogP contribution in [0, 0.1) is 0 Å². The van der Waals surface area contributed by atoms with Crippen LogP contribution < -0.4 is 5.73 Å². The van der Waals surface area contributed by atoms with Gasteiger partial charge in [-0.05, 0) is 17.7 Å². The molecule has 5 nitrogen and oxygen atoms in total. The fraction of sp³-hybridized carbons (Fsp3) is 0.462. The molecular weight excluding hydrogens is 312 g/mol. The summed E-state index contributed by atoms with van der Waals surface area (Å²) >= 11 is 3.36. The van der Waals surface area contributed by atoms with Gasteiger partial charge in [-0.3, -0.25) is 9.69 Å². The number of aliphatic hydroxyl groups excluding tert-OH is 1.